The van der Waals surface area contributed by atoms with Crippen molar-refractivity contribution >= 4 is 21.8 Å². The lowest BCUT2D eigenvalue weighted by atomic mass is 10.2. The van der Waals surface area contributed by atoms with Gasteiger partial charge < -0.3 is 5.32 Å². The van der Waals surface area contributed by atoms with Gasteiger partial charge in [-0.15, -0.1) is 0 Å². The molecule has 0 radical (unpaired) electrons. The fourth-order valence-corrected chi connectivity index (χ4v) is 1.94. The Kier molecular flexibility index (Phi) is 4.27. The summed E-state index contributed by atoms with van der Waals surface area (Å²) in [7, 11) is 0. The summed E-state index contributed by atoms with van der Waals surface area (Å²) in [6.07, 6.45) is 0. The smallest absolute Gasteiger partial charge is 0.251 e. The average Bonchev–Trinajstić information content (AvgIpc) is 2.40. The number of nitrogens with one attached hydrogen (secondary N) is 1. The van der Waals surface area contributed by atoms with Crippen molar-refractivity contribution < 1.29 is 13.6 Å². The topological polar surface area (TPSA) is 29.1 Å². The minimum atomic E-state index is -0.439. The monoisotopic (exact) mass is 325 g/mol. The molecule has 0 aromatic heterocycles. The largest absolute Gasteiger partial charge is 0.348 e. The molecule has 0 saturated heterocycles. The molecule has 0 atom stereocenters. The third-order valence-electron chi connectivity index (χ3n) is 2.58. The Morgan fingerprint density at radius 2 is 1.84 bits per heavy atom. The fraction of sp³-hybridized carbons (Fsp3) is 0.0714. The van der Waals surface area contributed by atoms with Crippen LogP contribution in [0.2, 0.25) is 0 Å². The van der Waals surface area contributed by atoms with E-state index < -0.39 is 5.82 Å². The van der Waals surface area contributed by atoms with Crippen LogP contribution in [0.5, 0.6) is 0 Å². The van der Waals surface area contributed by atoms with Crippen LogP contribution in [0.15, 0.2) is 46.9 Å². The number of halogens is 3. The maximum Gasteiger partial charge on any atom is 0.251 e. The predicted molar refractivity (Wildman–Crippen MR) is 71.7 cm³/mol. The summed E-state index contributed by atoms with van der Waals surface area (Å²) in [6.45, 7) is 0.0838. The number of hydrogen-bond donors (Lipinski definition) is 1. The molecule has 2 aromatic rings. The number of benzene rings is 2. The molecule has 0 aliphatic heterocycles. The second-order valence-corrected chi connectivity index (χ2v) is 4.76. The van der Waals surface area contributed by atoms with Gasteiger partial charge in [-0.3, -0.25) is 4.79 Å². The van der Waals surface area contributed by atoms with E-state index in [1.54, 1.807) is 18.2 Å². The highest BCUT2D eigenvalue weighted by molar-refractivity contribution is 9.10. The number of rotatable bonds is 3. The molecule has 1 amide bonds. The van der Waals surface area contributed by atoms with Crippen molar-refractivity contribution in [3.8, 4) is 0 Å². The molecule has 0 bridgehead atoms. The van der Waals surface area contributed by atoms with E-state index in [-0.39, 0.29) is 22.7 Å². The van der Waals surface area contributed by atoms with E-state index >= 15 is 0 Å². The van der Waals surface area contributed by atoms with Gasteiger partial charge in [0.1, 0.15) is 11.6 Å². The lowest BCUT2D eigenvalue weighted by Crippen LogP contribution is -2.23. The highest BCUT2D eigenvalue weighted by Crippen LogP contribution is 2.17. The van der Waals surface area contributed by atoms with Crippen LogP contribution in [0.3, 0.4) is 0 Å². The van der Waals surface area contributed by atoms with Crippen molar-refractivity contribution in [3.63, 3.8) is 0 Å². The first-order valence-corrected chi connectivity index (χ1v) is 6.34. The molecular weight excluding hydrogens is 316 g/mol. The fourth-order valence-electron chi connectivity index (χ4n) is 1.56. The van der Waals surface area contributed by atoms with E-state index in [2.05, 4.69) is 21.2 Å². The summed E-state index contributed by atoms with van der Waals surface area (Å²) in [5.74, 6) is -1.20. The molecule has 0 spiro atoms. The molecule has 0 saturated carbocycles. The number of carbonyl (C=O) groups excluding carboxylic acids is 1. The maximum absolute atomic E-state index is 13.4. The molecule has 0 unspecified atom stereocenters. The molecule has 2 rings (SSSR count). The molecule has 0 fully saturated rings. The van der Waals surface area contributed by atoms with Gasteiger partial charge in [-0.05, 0) is 40.2 Å². The molecule has 0 heterocycles. The van der Waals surface area contributed by atoms with Gasteiger partial charge in [0.25, 0.3) is 5.91 Å². The third kappa shape index (κ3) is 3.38. The molecule has 0 aliphatic carbocycles. The summed E-state index contributed by atoms with van der Waals surface area (Å²) >= 11 is 3.01. The lowest BCUT2D eigenvalue weighted by Gasteiger charge is -2.07. The zero-order chi connectivity index (χ0) is 13.8. The van der Waals surface area contributed by atoms with E-state index in [0.717, 1.165) is 0 Å². The molecule has 19 heavy (non-hydrogen) atoms. The van der Waals surface area contributed by atoms with Crippen molar-refractivity contribution in [1.82, 2.24) is 5.32 Å². The molecule has 1 N–H and O–H groups in total. The van der Waals surface area contributed by atoms with Gasteiger partial charge in [0.05, 0.1) is 4.47 Å². The lowest BCUT2D eigenvalue weighted by molar-refractivity contribution is 0.0950. The van der Waals surface area contributed by atoms with Crippen LogP contribution < -0.4 is 5.32 Å². The SMILES string of the molecule is O=C(NCc1ccccc1F)c1ccc(F)c(Br)c1. The van der Waals surface area contributed by atoms with E-state index in [0.29, 0.717) is 11.1 Å². The van der Waals surface area contributed by atoms with Gasteiger partial charge >= 0.3 is 0 Å². The van der Waals surface area contributed by atoms with Crippen LogP contribution in [0, 0.1) is 11.6 Å². The minimum absolute atomic E-state index is 0.0838. The van der Waals surface area contributed by atoms with Gasteiger partial charge in [0.2, 0.25) is 0 Å². The normalized spacial score (nSPS) is 10.3. The number of hydrogen-bond acceptors (Lipinski definition) is 1. The minimum Gasteiger partial charge on any atom is -0.348 e. The van der Waals surface area contributed by atoms with E-state index in [4.69, 9.17) is 0 Å². The first-order valence-electron chi connectivity index (χ1n) is 5.54. The van der Waals surface area contributed by atoms with Gasteiger partial charge in [-0.25, -0.2) is 8.78 Å². The highest BCUT2D eigenvalue weighted by Gasteiger charge is 2.09. The van der Waals surface area contributed by atoms with Gasteiger partial charge in [0, 0.05) is 17.7 Å². The van der Waals surface area contributed by atoms with Crippen LogP contribution in [-0.4, -0.2) is 5.91 Å². The second kappa shape index (κ2) is 5.93. The Bertz CT molecular complexity index is 616. The zero-order valence-corrected chi connectivity index (χ0v) is 11.4. The highest BCUT2D eigenvalue weighted by atomic mass is 79.9. The first kappa shape index (κ1) is 13.7. The zero-order valence-electron chi connectivity index (χ0n) is 9.79. The Morgan fingerprint density at radius 1 is 1.11 bits per heavy atom. The summed E-state index contributed by atoms with van der Waals surface area (Å²) in [6, 6.07) is 10.1. The Balaban J connectivity index is 2.05. The second-order valence-electron chi connectivity index (χ2n) is 3.90. The summed E-state index contributed by atoms with van der Waals surface area (Å²) in [5.41, 5.74) is 0.710. The van der Waals surface area contributed by atoms with Crippen LogP contribution >= 0.6 is 15.9 Å². The van der Waals surface area contributed by atoms with Crippen molar-refractivity contribution in [1.29, 1.82) is 0 Å². The van der Waals surface area contributed by atoms with Crippen molar-refractivity contribution in [3.05, 3.63) is 69.7 Å². The van der Waals surface area contributed by atoms with Gasteiger partial charge in [-0.1, -0.05) is 18.2 Å². The molecule has 5 heteroatoms. The van der Waals surface area contributed by atoms with Gasteiger partial charge in [-0.2, -0.15) is 0 Å². The Labute approximate surface area is 117 Å². The Hall–Kier alpha value is -1.75. The number of carbonyl (C=O) groups is 1. The maximum atomic E-state index is 13.4. The summed E-state index contributed by atoms with van der Waals surface area (Å²) in [5, 5.41) is 2.58. The van der Waals surface area contributed by atoms with Crippen LogP contribution in [-0.2, 0) is 6.54 Å². The van der Waals surface area contributed by atoms with Crippen molar-refractivity contribution in [2.24, 2.45) is 0 Å². The van der Waals surface area contributed by atoms with E-state index in [1.807, 2.05) is 0 Å². The molecule has 98 valence electrons. The molecule has 2 aromatic carbocycles. The molecular formula is C14H10BrF2NO. The number of amides is 1. The average molecular weight is 326 g/mol. The van der Waals surface area contributed by atoms with E-state index in [1.165, 1.54) is 24.3 Å². The van der Waals surface area contributed by atoms with Gasteiger partial charge in [0.15, 0.2) is 0 Å². The van der Waals surface area contributed by atoms with Crippen molar-refractivity contribution in [2.75, 3.05) is 0 Å². The van der Waals surface area contributed by atoms with Crippen molar-refractivity contribution in [2.45, 2.75) is 6.54 Å². The summed E-state index contributed by atoms with van der Waals surface area (Å²) in [4.78, 5) is 11.8. The quantitative estimate of drug-likeness (QED) is 0.916. The third-order valence-corrected chi connectivity index (χ3v) is 3.19. The Morgan fingerprint density at radius 3 is 2.53 bits per heavy atom. The van der Waals surface area contributed by atoms with Crippen LogP contribution in [0.1, 0.15) is 15.9 Å². The molecule has 0 aliphatic rings. The van der Waals surface area contributed by atoms with E-state index in [9.17, 15) is 13.6 Å². The van der Waals surface area contributed by atoms with Crippen LogP contribution in [0.25, 0.3) is 0 Å². The molecule has 2 nitrogen and oxygen atoms in total. The first-order chi connectivity index (χ1) is 9.08. The standard InChI is InChI=1S/C14H10BrF2NO/c15-11-7-9(5-6-13(11)17)14(19)18-8-10-3-1-2-4-12(10)16/h1-7H,8H2,(H,18,19). The van der Waals surface area contributed by atoms with Crippen LogP contribution in [0.4, 0.5) is 8.78 Å². The summed E-state index contributed by atoms with van der Waals surface area (Å²) < 4.78 is 26.6. The predicted octanol–water partition coefficient (Wildman–Crippen LogP) is 3.66.